The first-order valence-electron chi connectivity index (χ1n) is 14.7. The largest absolute Gasteiger partial charge is 0.492 e. The highest BCUT2D eigenvalue weighted by molar-refractivity contribution is 5.87. The van der Waals surface area contributed by atoms with E-state index in [1.54, 1.807) is 11.0 Å². The van der Waals surface area contributed by atoms with E-state index in [9.17, 15) is 14.4 Å². The third-order valence-corrected chi connectivity index (χ3v) is 8.86. The highest BCUT2D eigenvalue weighted by Crippen LogP contribution is 2.37. The number of nitrogens with zero attached hydrogens (tertiary/aromatic N) is 7. The lowest BCUT2D eigenvalue weighted by atomic mass is 9.92. The molecule has 2 fully saturated rings. The lowest BCUT2D eigenvalue weighted by molar-refractivity contribution is -0.128. The van der Waals surface area contributed by atoms with Crippen LogP contribution in [-0.2, 0) is 17.8 Å². The molecule has 4 heterocycles. The van der Waals surface area contributed by atoms with Gasteiger partial charge in [0.25, 0.3) is 0 Å². The topological polar surface area (TPSA) is 98.1 Å². The number of hydrogen-bond acceptors (Lipinski definition) is 9. The number of benzene rings is 1. The number of amides is 1. The van der Waals surface area contributed by atoms with E-state index >= 15 is 0 Å². The number of likely N-dealkylation sites (tertiary alicyclic amines) is 1. The monoisotopic (exact) mass is 577 g/mol. The average Bonchev–Trinajstić information content (AvgIpc) is 2.99. The number of rotatable bonds is 8. The highest BCUT2D eigenvalue weighted by Gasteiger charge is 2.34. The Morgan fingerprint density at radius 1 is 1.24 bits per heavy atom. The van der Waals surface area contributed by atoms with E-state index in [0.29, 0.717) is 63.4 Å². The minimum absolute atomic E-state index is 0.172. The molecule has 5 rings (SSSR count). The SMILES string of the molecule is C=CC(=O)N1CCN(c2nc(OC[C@@H]3[C@H](C)CCCN3C)nc3c2CCN(c2cccc(F)c2OC)C3)CC1CC#N. The fourth-order valence-electron chi connectivity index (χ4n) is 6.51. The lowest BCUT2D eigenvalue weighted by Gasteiger charge is -2.42. The summed E-state index contributed by atoms with van der Waals surface area (Å²) in [5.41, 5.74) is 2.50. The summed E-state index contributed by atoms with van der Waals surface area (Å²) in [5, 5.41) is 9.50. The maximum Gasteiger partial charge on any atom is 0.318 e. The Labute approximate surface area is 247 Å². The number of fused-ring (bicyclic) bond motifs is 1. The van der Waals surface area contributed by atoms with Crippen molar-refractivity contribution in [3.05, 3.63) is 47.9 Å². The number of carbonyl (C=O) groups is 1. The second kappa shape index (κ2) is 12.9. The Hall–Kier alpha value is -3.91. The maximum atomic E-state index is 14.6. The molecular weight excluding hydrogens is 537 g/mol. The molecule has 1 unspecified atom stereocenters. The Balaban J connectivity index is 1.47. The first-order chi connectivity index (χ1) is 20.3. The van der Waals surface area contributed by atoms with Gasteiger partial charge in [0.1, 0.15) is 12.4 Å². The minimum Gasteiger partial charge on any atom is -0.492 e. The summed E-state index contributed by atoms with van der Waals surface area (Å²) in [6, 6.07) is 7.46. The van der Waals surface area contributed by atoms with Crippen molar-refractivity contribution in [3.8, 4) is 17.8 Å². The van der Waals surface area contributed by atoms with E-state index in [2.05, 4.69) is 41.3 Å². The quantitative estimate of drug-likeness (QED) is 0.437. The minimum atomic E-state index is -0.408. The first kappa shape index (κ1) is 29.6. The number of anilines is 2. The molecule has 0 N–H and O–H groups in total. The van der Waals surface area contributed by atoms with Gasteiger partial charge in [0, 0.05) is 37.8 Å². The van der Waals surface area contributed by atoms with Gasteiger partial charge in [-0.05, 0) is 57.0 Å². The zero-order valence-corrected chi connectivity index (χ0v) is 24.8. The van der Waals surface area contributed by atoms with Crippen LogP contribution in [0.3, 0.4) is 0 Å². The number of piperazine rings is 1. The van der Waals surface area contributed by atoms with Crippen LogP contribution in [0.5, 0.6) is 11.8 Å². The summed E-state index contributed by atoms with van der Waals surface area (Å²) in [6.07, 6.45) is 4.49. The van der Waals surface area contributed by atoms with E-state index in [4.69, 9.17) is 19.4 Å². The molecule has 1 aromatic heterocycles. The highest BCUT2D eigenvalue weighted by atomic mass is 19.1. The third-order valence-electron chi connectivity index (χ3n) is 8.86. The van der Waals surface area contributed by atoms with Gasteiger partial charge in [-0.3, -0.25) is 9.69 Å². The zero-order chi connectivity index (χ0) is 29.8. The second-order valence-corrected chi connectivity index (χ2v) is 11.4. The number of methoxy groups -OCH3 is 1. The van der Waals surface area contributed by atoms with Crippen LogP contribution in [0.25, 0.3) is 0 Å². The molecule has 11 heteroatoms. The normalized spacial score (nSPS) is 22.7. The molecule has 0 saturated carbocycles. The molecule has 10 nitrogen and oxygen atoms in total. The Morgan fingerprint density at radius 3 is 2.81 bits per heavy atom. The van der Waals surface area contributed by atoms with Crippen LogP contribution in [0.2, 0.25) is 0 Å². The fraction of sp³-hybridized carbons (Fsp3) is 0.548. The molecule has 0 spiro atoms. The number of nitriles is 1. The van der Waals surface area contributed by atoms with Crippen LogP contribution in [0.1, 0.15) is 37.4 Å². The molecule has 3 aliphatic rings. The van der Waals surface area contributed by atoms with Gasteiger partial charge in [0.05, 0.1) is 43.6 Å². The van der Waals surface area contributed by atoms with Gasteiger partial charge in [-0.25, -0.2) is 4.39 Å². The smallest absolute Gasteiger partial charge is 0.318 e. The fourth-order valence-corrected chi connectivity index (χ4v) is 6.51. The number of aromatic nitrogens is 2. The van der Waals surface area contributed by atoms with E-state index in [0.717, 1.165) is 30.0 Å². The summed E-state index contributed by atoms with van der Waals surface area (Å²) in [6.45, 7) is 9.97. The second-order valence-electron chi connectivity index (χ2n) is 11.4. The number of piperidine rings is 1. The molecule has 0 aliphatic carbocycles. The van der Waals surface area contributed by atoms with Gasteiger partial charge in [0.15, 0.2) is 11.6 Å². The van der Waals surface area contributed by atoms with Crippen LogP contribution in [0, 0.1) is 23.1 Å². The number of hydrogen-bond donors (Lipinski definition) is 0. The third kappa shape index (κ3) is 6.00. The number of para-hydroxylation sites is 1. The van der Waals surface area contributed by atoms with Gasteiger partial charge < -0.3 is 24.2 Å². The lowest BCUT2D eigenvalue weighted by Crippen LogP contribution is -2.55. The molecular formula is C31H40FN7O3. The number of halogens is 1. The van der Waals surface area contributed by atoms with Gasteiger partial charge in [-0.2, -0.15) is 15.2 Å². The van der Waals surface area contributed by atoms with Gasteiger partial charge in [-0.1, -0.05) is 19.6 Å². The molecule has 224 valence electrons. The van der Waals surface area contributed by atoms with Crippen molar-refractivity contribution in [2.24, 2.45) is 5.92 Å². The summed E-state index contributed by atoms with van der Waals surface area (Å²) < 4.78 is 26.3. The van der Waals surface area contributed by atoms with Crippen molar-refractivity contribution < 1.29 is 18.7 Å². The molecule has 1 amide bonds. The molecule has 3 atom stereocenters. The number of likely N-dealkylation sites (N-methyl/N-ethyl adjacent to an activating group) is 1. The van der Waals surface area contributed by atoms with Gasteiger partial charge in [-0.15, -0.1) is 0 Å². The summed E-state index contributed by atoms with van der Waals surface area (Å²) in [7, 11) is 3.61. The van der Waals surface area contributed by atoms with Crippen molar-refractivity contribution in [1.82, 2.24) is 19.8 Å². The summed E-state index contributed by atoms with van der Waals surface area (Å²) in [5.74, 6) is 0.908. The molecule has 42 heavy (non-hydrogen) atoms. The Morgan fingerprint density at radius 2 is 2.07 bits per heavy atom. The van der Waals surface area contributed by atoms with Crippen LogP contribution < -0.4 is 19.3 Å². The molecule has 0 bridgehead atoms. The van der Waals surface area contributed by atoms with Crippen LogP contribution in [0.15, 0.2) is 30.9 Å². The number of ether oxygens (including phenoxy) is 2. The Bertz CT molecular complexity index is 1340. The number of carbonyl (C=O) groups excluding carboxylic acids is 1. The predicted molar refractivity (Wildman–Crippen MR) is 158 cm³/mol. The van der Waals surface area contributed by atoms with Crippen molar-refractivity contribution in [2.75, 3.05) is 63.3 Å². The van der Waals surface area contributed by atoms with E-state index < -0.39 is 5.82 Å². The Kier molecular flexibility index (Phi) is 9.12. The average molecular weight is 578 g/mol. The summed E-state index contributed by atoms with van der Waals surface area (Å²) in [4.78, 5) is 30.6. The predicted octanol–water partition coefficient (Wildman–Crippen LogP) is 3.41. The molecule has 1 aromatic carbocycles. The van der Waals surface area contributed by atoms with Gasteiger partial charge in [0.2, 0.25) is 5.91 Å². The standard InChI is InChI=1S/C31H40FN7O3/c1-5-28(40)39-17-16-38(18-22(39)11-13-33)30-23-12-15-37(26-10-6-9-24(32)29(26)41-4)19-25(23)34-31(35-30)42-20-27-21(2)8-7-14-36(27)3/h5-6,9-10,21-22,27H,1,7-8,11-12,14-20H2,2-4H3/t21-,22?,27-/m1/s1. The van der Waals surface area contributed by atoms with E-state index in [1.807, 2.05) is 6.07 Å². The van der Waals surface area contributed by atoms with Crippen molar-refractivity contribution in [3.63, 3.8) is 0 Å². The molecule has 3 aliphatic heterocycles. The molecule has 2 saturated heterocycles. The van der Waals surface area contributed by atoms with Gasteiger partial charge >= 0.3 is 6.01 Å². The molecule has 2 aromatic rings. The molecule has 0 radical (unpaired) electrons. The van der Waals surface area contributed by atoms with Crippen LogP contribution in [0.4, 0.5) is 15.9 Å². The maximum absolute atomic E-state index is 14.6. The van der Waals surface area contributed by atoms with Crippen molar-refractivity contribution >= 4 is 17.4 Å². The van der Waals surface area contributed by atoms with E-state index in [-0.39, 0.29) is 30.2 Å². The van der Waals surface area contributed by atoms with Crippen LogP contribution >= 0.6 is 0 Å². The zero-order valence-electron chi connectivity index (χ0n) is 24.8. The van der Waals surface area contributed by atoms with Crippen molar-refractivity contribution in [2.45, 2.75) is 51.2 Å². The van der Waals surface area contributed by atoms with Crippen molar-refractivity contribution in [1.29, 1.82) is 5.26 Å². The van der Waals surface area contributed by atoms with E-state index in [1.165, 1.54) is 25.7 Å². The first-order valence-corrected chi connectivity index (χ1v) is 14.7. The van der Waals surface area contributed by atoms with Crippen LogP contribution in [-0.4, -0.2) is 91.2 Å². The summed E-state index contributed by atoms with van der Waals surface area (Å²) >= 11 is 0.